The fraction of sp³-hybridized carbons (Fsp3) is 0.100. The molecule has 0 saturated carbocycles. The monoisotopic (exact) mass is 318 g/mol. The van der Waals surface area contributed by atoms with E-state index < -0.39 is 0 Å². The summed E-state index contributed by atoms with van der Waals surface area (Å²) in [4.78, 5) is 4.26. The van der Waals surface area contributed by atoms with Crippen LogP contribution in [0.25, 0.3) is 0 Å². The zero-order valence-electron chi connectivity index (χ0n) is 14.0. The summed E-state index contributed by atoms with van der Waals surface area (Å²) in [6.45, 7) is 0. The van der Waals surface area contributed by atoms with Crippen molar-refractivity contribution in [1.29, 1.82) is 0 Å². The zero-order valence-corrected chi connectivity index (χ0v) is 14.0. The Morgan fingerprint density at radius 2 is 0.667 bits per heavy atom. The number of hydrogen-bond donors (Lipinski definition) is 2. The SMILES string of the molecule is CN(c1ccc(N)cc1)c1ccc(N(C)c2ccc(N)cc2)cc1. The normalized spacial score (nSPS) is 10.4. The van der Waals surface area contributed by atoms with E-state index in [0.717, 1.165) is 34.1 Å². The van der Waals surface area contributed by atoms with Crippen molar-refractivity contribution < 1.29 is 0 Å². The van der Waals surface area contributed by atoms with E-state index in [1.807, 2.05) is 62.6 Å². The molecule has 0 aliphatic carbocycles. The van der Waals surface area contributed by atoms with Crippen LogP contribution < -0.4 is 21.3 Å². The molecule has 4 nitrogen and oxygen atoms in total. The van der Waals surface area contributed by atoms with Gasteiger partial charge in [-0.1, -0.05) is 0 Å². The fourth-order valence-electron chi connectivity index (χ4n) is 2.59. The number of nitrogen functional groups attached to an aromatic ring is 2. The highest BCUT2D eigenvalue weighted by Crippen LogP contribution is 2.29. The van der Waals surface area contributed by atoms with Crippen molar-refractivity contribution in [1.82, 2.24) is 0 Å². The summed E-state index contributed by atoms with van der Waals surface area (Å²) in [5, 5.41) is 0. The maximum atomic E-state index is 5.75. The van der Waals surface area contributed by atoms with Gasteiger partial charge >= 0.3 is 0 Å². The molecule has 0 spiro atoms. The van der Waals surface area contributed by atoms with E-state index in [1.54, 1.807) is 0 Å². The Hall–Kier alpha value is -3.14. The Morgan fingerprint density at radius 1 is 0.458 bits per heavy atom. The Kier molecular flexibility index (Phi) is 4.29. The molecule has 0 radical (unpaired) electrons. The highest BCUT2D eigenvalue weighted by atomic mass is 15.1. The van der Waals surface area contributed by atoms with E-state index in [-0.39, 0.29) is 0 Å². The molecule has 4 N–H and O–H groups in total. The quantitative estimate of drug-likeness (QED) is 0.701. The third kappa shape index (κ3) is 3.27. The van der Waals surface area contributed by atoms with Gasteiger partial charge in [-0.05, 0) is 72.8 Å². The lowest BCUT2D eigenvalue weighted by atomic mass is 10.2. The minimum atomic E-state index is 0.771. The molecule has 0 aliphatic rings. The molecule has 0 fully saturated rings. The van der Waals surface area contributed by atoms with Crippen molar-refractivity contribution in [2.75, 3.05) is 35.4 Å². The number of nitrogens with zero attached hydrogens (tertiary/aromatic N) is 2. The maximum absolute atomic E-state index is 5.75. The minimum Gasteiger partial charge on any atom is -0.399 e. The first-order chi connectivity index (χ1) is 11.5. The Morgan fingerprint density at radius 3 is 0.917 bits per heavy atom. The van der Waals surface area contributed by atoms with Crippen molar-refractivity contribution in [2.24, 2.45) is 0 Å². The third-order valence-electron chi connectivity index (χ3n) is 4.19. The van der Waals surface area contributed by atoms with E-state index in [9.17, 15) is 0 Å². The van der Waals surface area contributed by atoms with Crippen LogP contribution in [0.2, 0.25) is 0 Å². The van der Waals surface area contributed by atoms with Crippen LogP contribution in [0.5, 0.6) is 0 Å². The summed E-state index contributed by atoms with van der Waals surface area (Å²) in [6.07, 6.45) is 0. The van der Waals surface area contributed by atoms with Gasteiger partial charge < -0.3 is 21.3 Å². The second kappa shape index (κ2) is 6.54. The summed E-state index contributed by atoms with van der Waals surface area (Å²) in [6, 6.07) is 24.2. The van der Waals surface area contributed by atoms with Crippen LogP contribution in [-0.4, -0.2) is 14.1 Å². The van der Waals surface area contributed by atoms with Crippen molar-refractivity contribution in [2.45, 2.75) is 0 Å². The van der Waals surface area contributed by atoms with Crippen LogP contribution in [0.4, 0.5) is 34.1 Å². The lowest BCUT2D eigenvalue weighted by molar-refractivity contribution is 1.18. The molecular formula is C20H22N4. The molecule has 0 amide bonds. The summed E-state index contributed by atoms with van der Waals surface area (Å²) in [7, 11) is 4.09. The van der Waals surface area contributed by atoms with Gasteiger partial charge in [0.15, 0.2) is 0 Å². The van der Waals surface area contributed by atoms with Gasteiger partial charge in [0.05, 0.1) is 0 Å². The Labute approximate surface area is 142 Å². The first kappa shape index (κ1) is 15.7. The van der Waals surface area contributed by atoms with Crippen molar-refractivity contribution in [3.05, 3.63) is 72.8 Å². The van der Waals surface area contributed by atoms with Gasteiger partial charge in [-0.3, -0.25) is 0 Å². The van der Waals surface area contributed by atoms with Crippen molar-refractivity contribution >= 4 is 34.1 Å². The number of nitrogens with two attached hydrogens (primary N) is 2. The van der Waals surface area contributed by atoms with E-state index >= 15 is 0 Å². The predicted octanol–water partition coefficient (Wildman–Crippen LogP) is 4.39. The van der Waals surface area contributed by atoms with Crippen LogP contribution in [0, 0.1) is 0 Å². The van der Waals surface area contributed by atoms with E-state index in [4.69, 9.17) is 11.5 Å². The lowest BCUT2D eigenvalue weighted by Crippen LogP contribution is -2.11. The smallest absolute Gasteiger partial charge is 0.0409 e. The molecular weight excluding hydrogens is 296 g/mol. The molecule has 24 heavy (non-hydrogen) atoms. The molecule has 0 aliphatic heterocycles. The topological polar surface area (TPSA) is 58.5 Å². The Balaban J connectivity index is 1.79. The number of hydrogen-bond acceptors (Lipinski definition) is 4. The van der Waals surface area contributed by atoms with E-state index in [0.29, 0.717) is 0 Å². The molecule has 3 rings (SSSR count). The van der Waals surface area contributed by atoms with Crippen LogP contribution in [0.3, 0.4) is 0 Å². The first-order valence-electron chi connectivity index (χ1n) is 7.83. The number of rotatable bonds is 4. The third-order valence-corrected chi connectivity index (χ3v) is 4.19. The molecule has 0 saturated heterocycles. The minimum absolute atomic E-state index is 0.771. The predicted molar refractivity (Wildman–Crippen MR) is 104 cm³/mol. The molecule has 3 aromatic carbocycles. The Bertz CT molecular complexity index is 722. The van der Waals surface area contributed by atoms with Gasteiger partial charge in [0, 0.05) is 48.2 Å². The molecule has 4 heteroatoms. The van der Waals surface area contributed by atoms with Gasteiger partial charge in [-0.15, -0.1) is 0 Å². The maximum Gasteiger partial charge on any atom is 0.0409 e. The molecule has 0 aromatic heterocycles. The summed E-state index contributed by atoms with van der Waals surface area (Å²) >= 11 is 0. The summed E-state index contributed by atoms with van der Waals surface area (Å²) < 4.78 is 0. The average molecular weight is 318 g/mol. The molecule has 3 aromatic rings. The second-order valence-corrected chi connectivity index (χ2v) is 5.82. The zero-order chi connectivity index (χ0) is 17.1. The van der Waals surface area contributed by atoms with Crippen LogP contribution >= 0.6 is 0 Å². The fourth-order valence-corrected chi connectivity index (χ4v) is 2.59. The largest absolute Gasteiger partial charge is 0.399 e. The average Bonchev–Trinajstić information content (AvgIpc) is 2.62. The summed E-state index contributed by atoms with van der Waals surface area (Å²) in [5.41, 5.74) is 17.5. The van der Waals surface area contributed by atoms with Gasteiger partial charge in [0.2, 0.25) is 0 Å². The van der Waals surface area contributed by atoms with Crippen molar-refractivity contribution in [3.8, 4) is 0 Å². The lowest BCUT2D eigenvalue weighted by Gasteiger charge is -2.23. The van der Waals surface area contributed by atoms with Gasteiger partial charge in [0.25, 0.3) is 0 Å². The van der Waals surface area contributed by atoms with Gasteiger partial charge in [-0.2, -0.15) is 0 Å². The van der Waals surface area contributed by atoms with Gasteiger partial charge in [0.1, 0.15) is 0 Å². The highest BCUT2D eigenvalue weighted by Gasteiger charge is 2.07. The molecule has 0 atom stereocenters. The van der Waals surface area contributed by atoms with Crippen LogP contribution in [-0.2, 0) is 0 Å². The van der Waals surface area contributed by atoms with E-state index in [1.165, 1.54) is 0 Å². The number of benzene rings is 3. The molecule has 0 bridgehead atoms. The standard InChI is InChI=1S/C20H22N4/c1-23(17-7-3-15(21)4-8-17)19-11-13-20(14-12-19)24(2)18-9-5-16(22)6-10-18/h3-14H,21-22H2,1-2H3. The molecule has 0 heterocycles. The first-order valence-corrected chi connectivity index (χ1v) is 7.83. The highest BCUT2D eigenvalue weighted by molar-refractivity contribution is 5.69. The second-order valence-electron chi connectivity index (χ2n) is 5.82. The molecule has 122 valence electrons. The van der Waals surface area contributed by atoms with Crippen LogP contribution in [0.1, 0.15) is 0 Å². The van der Waals surface area contributed by atoms with Crippen molar-refractivity contribution in [3.63, 3.8) is 0 Å². The number of anilines is 6. The summed E-state index contributed by atoms with van der Waals surface area (Å²) in [5.74, 6) is 0. The van der Waals surface area contributed by atoms with E-state index in [2.05, 4.69) is 34.1 Å². The molecule has 0 unspecified atom stereocenters. The van der Waals surface area contributed by atoms with Gasteiger partial charge in [-0.25, -0.2) is 0 Å². The van der Waals surface area contributed by atoms with Crippen LogP contribution in [0.15, 0.2) is 72.8 Å².